The predicted molar refractivity (Wildman–Crippen MR) is 526 cm³/mol. The van der Waals surface area contributed by atoms with Gasteiger partial charge in [0.15, 0.2) is 15.5 Å². The Balaban J connectivity index is 0. The van der Waals surface area contributed by atoms with Crippen molar-refractivity contribution in [2.75, 3.05) is 52.4 Å². The van der Waals surface area contributed by atoms with Crippen molar-refractivity contribution < 1.29 is 70.1 Å². The van der Waals surface area contributed by atoms with Crippen molar-refractivity contribution in [3.8, 4) is 12.1 Å². The second-order valence-corrected chi connectivity index (χ2v) is 36.4. The molecule has 2 aliphatic heterocycles. The van der Waals surface area contributed by atoms with E-state index in [0.717, 1.165) is 110 Å². The molecule has 7 aromatic rings. The van der Waals surface area contributed by atoms with Crippen LogP contribution in [-0.2, 0) is 117 Å². The van der Waals surface area contributed by atoms with Gasteiger partial charge in [-0.1, -0.05) is 59.7 Å². The predicted octanol–water partition coefficient (Wildman–Crippen LogP) is 21.0. The third kappa shape index (κ3) is 78.1. The van der Waals surface area contributed by atoms with Gasteiger partial charge in [0, 0.05) is 107 Å². The number of sulfone groups is 1. The number of ether oxygens (including phenoxy) is 11. The maximum Gasteiger partial charge on any atom is 0.220 e. The second kappa shape index (κ2) is 77.9. The summed E-state index contributed by atoms with van der Waals surface area (Å²) in [5.74, 6) is 0.310. The standard InChI is InChI=1S/C12H15NO.C11H14N2O.C11H16O.C10H15NO3S.2C10H15NO.C9H14N2O.2C8H15NO2.C8H15NO.C7H13NO/c1-9(2)14-8-11-5-10(3)6-12(7-11)13-4;1-9(2)14-6-4-11-7-10(8-12)3-5-13-11;1-9(2)12-8-11-6-4-5-10(3)7-11;1-8(2)14-7-9-4-10(6-11-5-9)15(3,12)13;1-8(2)12-7-10-4-9(3)5-11-6-10;1-8(2)12-7-10-6-9(3)4-5-11-10;1-8(2)12-4-3-9-5-10-7-11-6-9;2*1-6(2)11-5-7-3-4-8(10)9-7;1-8(2)10-7-5-4-6-9-3;1-7(2)9-6-4-3-5-8/h5-7,9H,8H2,1-3H3;3,5,7,9H,4,6H2,1-2H3;4-7,9H,8H2,1-3H3;4-6,8H,7H2,1-3H3;2*4-6,8H,7H2,1-3H3;5-8H,3-4H2,1-2H3;2*6-7H,3-5H2,1-2H3,(H,9,10);8H,4-7H2,1-2H3;7H,3-4,6H2,1-2H3/t;;;;;;;2*7-;;/m.......10../s1. The lowest BCUT2D eigenvalue weighted by Gasteiger charge is -2.12. The highest BCUT2D eigenvalue weighted by atomic mass is 32.2. The highest BCUT2D eigenvalue weighted by Gasteiger charge is 2.22. The molecule has 0 aliphatic carbocycles. The molecule has 0 saturated carbocycles. The lowest BCUT2D eigenvalue weighted by atomic mass is 10.1. The molecule has 2 fully saturated rings. The van der Waals surface area contributed by atoms with Crippen LogP contribution in [0.5, 0.6) is 0 Å². The Morgan fingerprint density at radius 3 is 1.31 bits per heavy atom. The van der Waals surface area contributed by atoms with Gasteiger partial charge in [0.2, 0.25) is 18.4 Å². The van der Waals surface area contributed by atoms with Crippen LogP contribution in [0, 0.1) is 63.5 Å². The van der Waals surface area contributed by atoms with Crippen LogP contribution in [0.2, 0.25) is 0 Å². The van der Waals surface area contributed by atoms with E-state index in [1.54, 1.807) is 30.6 Å². The number of unbranched alkanes of at least 4 members (excludes halogenated alkanes) is 2. The number of nitrogens with zero attached hydrogens (tertiary/aromatic N) is 10. The summed E-state index contributed by atoms with van der Waals surface area (Å²) >= 11 is 0. The van der Waals surface area contributed by atoms with Crippen molar-refractivity contribution >= 4 is 27.3 Å². The Hall–Kier alpha value is -9.47. The van der Waals surface area contributed by atoms with Crippen LogP contribution in [0.4, 0.5) is 5.69 Å². The van der Waals surface area contributed by atoms with Crippen LogP contribution >= 0.6 is 0 Å². The van der Waals surface area contributed by atoms with E-state index in [2.05, 4.69) is 126 Å². The molecule has 28 heteroatoms. The lowest BCUT2D eigenvalue weighted by Crippen LogP contribution is -2.30. The van der Waals surface area contributed by atoms with Crippen LogP contribution in [0.3, 0.4) is 0 Å². The van der Waals surface area contributed by atoms with Crippen LogP contribution in [0.25, 0.3) is 9.69 Å². The molecule has 5 aromatic heterocycles. The quantitative estimate of drug-likeness (QED) is 0.0267. The molecule has 7 heterocycles. The lowest BCUT2D eigenvalue weighted by molar-refractivity contribution is -0.120. The fraction of sp³-hybridized carbons (Fsp3) is 0.596. The molecule has 27 nitrogen and oxygen atoms in total. The van der Waals surface area contributed by atoms with Crippen LogP contribution in [0.1, 0.15) is 271 Å². The molecule has 2 aromatic carbocycles. The third-order valence-corrected chi connectivity index (χ3v) is 18.1. The number of pyridine rings is 4. The van der Waals surface area contributed by atoms with Gasteiger partial charge in [-0.3, -0.25) is 29.5 Å². The zero-order valence-corrected chi connectivity index (χ0v) is 85.6. The Bertz CT molecular complexity index is 4250. The number of rotatable bonds is 39. The maximum atomic E-state index is 11.2. The molecule has 132 heavy (non-hydrogen) atoms. The van der Waals surface area contributed by atoms with Crippen LogP contribution in [-0.4, -0.2) is 182 Å². The molecule has 2 N–H and O–H groups in total. The first-order chi connectivity index (χ1) is 62.5. The summed E-state index contributed by atoms with van der Waals surface area (Å²) in [6.45, 7) is 73.6. The number of hydrogen-bond acceptors (Lipinski definition) is 23. The number of amides is 2. The number of carbonyl (C=O) groups excluding carboxylic acids is 2. The van der Waals surface area contributed by atoms with Crippen molar-refractivity contribution in [3.05, 3.63) is 225 Å². The maximum absolute atomic E-state index is 11.2. The van der Waals surface area contributed by atoms with E-state index >= 15 is 0 Å². The van der Waals surface area contributed by atoms with Gasteiger partial charge in [-0.15, -0.1) is 0 Å². The zero-order valence-electron chi connectivity index (χ0n) is 84.8. The molecular formula is C104H162N12O15S. The monoisotopic (exact) mass is 1850 g/mol. The van der Waals surface area contributed by atoms with E-state index in [4.69, 9.17) is 75.8 Å². The van der Waals surface area contributed by atoms with E-state index < -0.39 is 9.84 Å². The number of aromatic nitrogens is 6. The first-order valence-corrected chi connectivity index (χ1v) is 48.0. The minimum atomic E-state index is -3.18. The van der Waals surface area contributed by atoms with Crippen molar-refractivity contribution in [1.82, 2.24) is 40.5 Å². The van der Waals surface area contributed by atoms with Crippen molar-refractivity contribution in [1.29, 1.82) is 10.5 Å². The topological polar surface area (TPSA) is 328 Å². The largest absolute Gasteiger partial charge is 0.379 e. The van der Waals surface area contributed by atoms with Gasteiger partial charge in [0.25, 0.3) is 0 Å². The van der Waals surface area contributed by atoms with Gasteiger partial charge in [-0.25, -0.2) is 29.8 Å². The van der Waals surface area contributed by atoms with Gasteiger partial charge < -0.3 is 67.6 Å². The number of aryl methyl sites for hydroxylation is 4. The Kier molecular flexibility index (Phi) is 73.5. The fourth-order valence-electron chi connectivity index (χ4n) is 10.5. The molecular weight excluding hydrogens is 1690 g/mol. The van der Waals surface area contributed by atoms with E-state index in [1.165, 1.54) is 34.8 Å². The first kappa shape index (κ1) is 125. The van der Waals surface area contributed by atoms with Gasteiger partial charge in [0.1, 0.15) is 6.33 Å². The summed E-state index contributed by atoms with van der Waals surface area (Å²) in [5, 5.41) is 22.5. The van der Waals surface area contributed by atoms with Crippen molar-refractivity contribution in [2.45, 2.75) is 361 Å². The molecule has 2 saturated heterocycles. The van der Waals surface area contributed by atoms with Crippen molar-refractivity contribution in [2.24, 2.45) is 0 Å². The minimum absolute atomic E-state index is 0.117. The van der Waals surface area contributed by atoms with Crippen molar-refractivity contribution in [3.63, 3.8) is 0 Å². The fourth-order valence-corrected chi connectivity index (χ4v) is 11.1. The number of hydrogen-bond donors (Lipinski definition) is 2. The summed E-state index contributed by atoms with van der Waals surface area (Å²) in [5.41, 5.74) is 13.4. The molecule has 2 atom stereocenters. The summed E-state index contributed by atoms with van der Waals surface area (Å²) < 4.78 is 81.7. The number of carbonyl (C=O) groups is 2. The SMILES string of the molecule is CC(C)OCCCC#N.CC(C)OCCc1cc(C#N)ccn1.CC(C)OCCc1cncnc1.CC(C)OC[C@@H]1CCC(=O)N1.CC(C)OC[C@H]1CCC(=O)N1.CC(C)OCc1cncc(S(C)(=O)=O)c1.Cc1cccc(COC(C)C)c1.Cc1ccnc(COC(C)C)c1.Cc1cncc(COC(C)C)c1.[C-]#[N+]CCCCOC(C)C.[C-]#[N+]c1cc(C)cc(COC(C)C)c1. The first-order valence-electron chi connectivity index (χ1n) is 46.1. The normalized spacial score (nSPS) is 12.8. The number of nitriles is 2. The Morgan fingerprint density at radius 1 is 0.424 bits per heavy atom. The summed E-state index contributed by atoms with van der Waals surface area (Å²) in [6.07, 6.45) is 27.6. The van der Waals surface area contributed by atoms with Gasteiger partial charge in [-0.2, -0.15) is 10.5 Å². The third-order valence-electron chi connectivity index (χ3n) is 17.0. The Morgan fingerprint density at radius 2 is 0.856 bits per heavy atom. The molecule has 0 unspecified atom stereocenters. The molecule has 0 spiro atoms. The summed E-state index contributed by atoms with van der Waals surface area (Å²) in [6, 6.07) is 30.1. The van der Waals surface area contributed by atoms with E-state index in [9.17, 15) is 18.0 Å². The van der Waals surface area contributed by atoms with Crippen LogP contribution in [0.15, 0.2) is 140 Å². The second-order valence-electron chi connectivity index (χ2n) is 34.4. The number of nitrogens with one attached hydrogen (secondary N) is 2. The molecule has 0 radical (unpaired) electrons. The van der Waals surface area contributed by atoms with Gasteiger partial charge in [0.05, 0.1) is 174 Å². The van der Waals surface area contributed by atoms with Gasteiger partial charge in [-0.05, 0) is 281 Å². The molecule has 2 aliphatic rings. The van der Waals surface area contributed by atoms with Crippen LogP contribution < -0.4 is 10.6 Å². The summed E-state index contributed by atoms with van der Waals surface area (Å²) in [4.78, 5) is 52.5. The Labute approximate surface area is 794 Å². The van der Waals surface area contributed by atoms with E-state index in [1.807, 2.05) is 208 Å². The minimum Gasteiger partial charge on any atom is -0.379 e. The highest BCUT2D eigenvalue weighted by molar-refractivity contribution is 7.90. The average Bonchev–Trinajstić information content (AvgIpc) is 1.07. The smallest absolute Gasteiger partial charge is 0.220 e. The average molecular weight is 1850 g/mol. The molecule has 9 rings (SSSR count). The molecule has 0 bridgehead atoms. The summed E-state index contributed by atoms with van der Waals surface area (Å²) in [7, 11) is -3.18. The molecule has 2 amide bonds. The number of benzene rings is 2. The van der Waals surface area contributed by atoms with E-state index in [-0.39, 0.29) is 71.5 Å². The zero-order chi connectivity index (χ0) is 99.6. The van der Waals surface area contributed by atoms with Gasteiger partial charge >= 0.3 is 0 Å². The van der Waals surface area contributed by atoms with E-state index in [0.29, 0.717) is 114 Å². The molecule has 734 valence electrons. The highest BCUT2D eigenvalue weighted by Crippen LogP contribution is 2.19.